The van der Waals surface area contributed by atoms with Gasteiger partial charge in [-0.3, -0.25) is 14.7 Å². The summed E-state index contributed by atoms with van der Waals surface area (Å²) in [4.78, 5) is 48.9. The molecule has 3 aliphatic rings. The van der Waals surface area contributed by atoms with E-state index >= 15 is 0 Å². The number of amides is 2. The van der Waals surface area contributed by atoms with Crippen LogP contribution in [0.25, 0.3) is 11.4 Å². The standard InChI is InChI=1S/C34H44N6O6/c1-23-20-25(21-24(2)30(23)41)22-29(32(42)38-12-8-27(9-13-38)37-16-18-45-19-17-37)46-34(44)39-14-10-28(11-15-39)40-33(43)35-31(36-40)26-6-4-3-5-7-26/h3-7,20-21,27-29,41H,8-19,22H2,1-2H3,(H,35,36,43)/t29-/m1/s1. The van der Waals surface area contributed by atoms with E-state index in [0.717, 1.165) is 50.3 Å². The summed E-state index contributed by atoms with van der Waals surface area (Å²) in [6.07, 6.45) is 1.52. The van der Waals surface area contributed by atoms with E-state index in [4.69, 9.17) is 9.47 Å². The van der Waals surface area contributed by atoms with Crippen LogP contribution in [0.2, 0.25) is 0 Å². The van der Waals surface area contributed by atoms with Crippen LogP contribution in [0, 0.1) is 13.8 Å². The van der Waals surface area contributed by atoms with Crippen molar-refractivity contribution in [2.24, 2.45) is 0 Å². The van der Waals surface area contributed by atoms with Crippen molar-refractivity contribution in [1.29, 1.82) is 0 Å². The predicted molar refractivity (Wildman–Crippen MR) is 172 cm³/mol. The van der Waals surface area contributed by atoms with Gasteiger partial charge in [0, 0.05) is 57.3 Å². The Balaban J connectivity index is 1.11. The lowest BCUT2D eigenvalue weighted by Crippen LogP contribution is -2.53. The summed E-state index contributed by atoms with van der Waals surface area (Å²) in [5.41, 5.74) is 2.81. The molecule has 46 heavy (non-hydrogen) atoms. The van der Waals surface area contributed by atoms with Crippen LogP contribution in [0.1, 0.15) is 48.4 Å². The van der Waals surface area contributed by atoms with Gasteiger partial charge in [-0.25, -0.2) is 14.3 Å². The molecule has 3 aromatic rings. The lowest BCUT2D eigenvalue weighted by molar-refractivity contribution is -0.142. The lowest BCUT2D eigenvalue weighted by atomic mass is 9.99. The molecule has 0 spiro atoms. The van der Waals surface area contributed by atoms with Gasteiger partial charge in [0.25, 0.3) is 5.91 Å². The molecule has 4 heterocycles. The normalized spacial score (nSPS) is 19.3. The smallest absolute Gasteiger partial charge is 0.410 e. The molecule has 2 amide bonds. The van der Waals surface area contributed by atoms with Gasteiger partial charge in [-0.2, -0.15) is 0 Å². The van der Waals surface area contributed by atoms with Crippen molar-refractivity contribution < 1.29 is 24.2 Å². The highest BCUT2D eigenvalue weighted by Crippen LogP contribution is 2.27. The molecule has 0 unspecified atom stereocenters. The van der Waals surface area contributed by atoms with Crippen LogP contribution in [0.3, 0.4) is 0 Å². The van der Waals surface area contributed by atoms with Gasteiger partial charge in [0.05, 0.1) is 19.3 Å². The average molecular weight is 633 g/mol. The number of rotatable bonds is 7. The Bertz CT molecular complexity index is 1540. The first kappa shape index (κ1) is 31.8. The minimum Gasteiger partial charge on any atom is -0.507 e. The zero-order valence-corrected chi connectivity index (χ0v) is 26.7. The van der Waals surface area contributed by atoms with Crippen molar-refractivity contribution in [3.63, 3.8) is 0 Å². The van der Waals surface area contributed by atoms with E-state index in [1.807, 2.05) is 61.2 Å². The number of nitrogens with zero attached hydrogens (tertiary/aromatic N) is 5. The number of aromatic nitrogens is 3. The molecule has 3 fully saturated rings. The molecule has 3 saturated heterocycles. The number of morpholine rings is 1. The summed E-state index contributed by atoms with van der Waals surface area (Å²) >= 11 is 0. The Labute approximate surface area is 268 Å². The number of hydrogen-bond donors (Lipinski definition) is 2. The SMILES string of the molecule is Cc1cc(C[C@@H](OC(=O)N2CCC(n3nc(-c4ccccc4)[nH]c3=O)CC2)C(=O)N2CCC(N3CCOCC3)CC2)cc(C)c1O. The van der Waals surface area contributed by atoms with Crippen molar-refractivity contribution in [2.45, 2.75) is 64.1 Å². The van der Waals surface area contributed by atoms with Crippen molar-refractivity contribution in [2.75, 3.05) is 52.5 Å². The number of nitrogens with one attached hydrogen (secondary N) is 1. The molecule has 3 aliphatic heterocycles. The second-order valence-electron chi connectivity index (χ2n) is 12.7. The Morgan fingerprint density at radius 1 is 0.935 bits per heavy atom. The molecule has 1 aromatic heterocycles. The number of carbonyl (C=O) groups excluding carboxylic acids is 2. The first-order chi connectivity index (χ1) is 22.3. The van der Waals surface area contributed by atoms with Crippen molar-refractivity contribution in [1.82, 2.24) is 29.5 Å². The number of aryl methyl sites for hydroxylation is 2. The second-order valence-corrected chi connectivity index (χ2v) is 12.7. The van der Waals surface area contributed by atoms with Crippen molar-refractivity contribution in [3.05, 3.63) is 69.6 Å². The summed E-state index contributed by atoms with van der Waals surface area (Å²) < 4.78 is 13.0. The zero-order valence-electron chi connectivity index (χ0n) is 26.7. The summed E-state index contributed by atoms with van der Waals surface area (Å²) in [5.74, 6) is 0.551. The third-order valence-corrected chi connectivity index (χ3v) is 9.59. The first-order valence-electron chi connectivity index (χ1n) is 16.4. The maximum Gasteiger partial charge on any atom is 0.410 e. The van der Waals surface area contributed by atoms with E-state index in [1.165, 1.54) is 4.68 Å². The summed E-state index contributed by atoms with van der Waals surface area (Å²) in [6, 6.07) is 13.4. The van der Waals surface area contributed by atoms with Crippen LogP contribution in [0.15, 0.2) is 47.3 Å². The van der Waals surface area contributed by atoms with Gasteiger partial charge in [-0.05, 0) is 56.2 Å². The van der Waals surface area contributed by atoms with Crippen LogP contribution in [0.4, 0.5) is 4.79 Å². The van der Waals surface area contributed by atoms with Gasteiger partial charge in [0.2, 0.25) is 0 Å². The molecule has 12 heteroatoms. The lowest BCUT2D eigenvalue weighted by Gasteiger charge is -2.40. The molecule has 1 atom stereocenters. The fourth-order valence-electron chi connectivity index (χ4n) is 6.95. The van der Waals surface area contributed by atoms with Crippen LogP contribution in [0.5, 0.6) is 5.75 Å². The van der Waals surface area contributed by atoms with Gasteiger partial charge in [0.1, 0.15) is 5.75 Å². The number of H-pyrrole nitrogens is 1. The van der Waals surface area contributed by atoms with E-state index in [-0.39, 0.29) is 29.8 Å². The van der Waals surface area contributed by atoms with Crippen LogP contribution >= 0.6 is 0 Å². The zero-order chi connectivity index (χ0) is 32.2. The molecule has 0 radical (unpaired) electrons. The molecule has 6 rings (SSSR count). The molecule has 0 aliphatic carbocycles. The highest BCUT2D eigenvalue weighted by Gasteiger charge is 2.35. The Morgan fingerprint density at radius 2 is 1.54 bits per heavy atom. The molecule has 12 nitrogen and oxygen atoms in total. The molecule has 0 saturated carbocycles. The number of carbonyl (C=O) groups is 2. The van der Waals surface area contributed by atoms with E-state index < -0.39 is 12.2 Å². The third-order valence-electron chi connectivity index (χ3n) is 9.59. The maximum absolute atomic E-state index is 13.9. The van der Waals surface area contributed by atoms with Gasteiger partial charge >= 0.3 is 11.8 Å². The monoisotopic (exact) mass is 632 g/mol. The molecule has 2 N–H and O–H groups in total. The number of ether oxygens (including phenoxy) is 2. The van der Waals surface area contributed by atoms with Crippen LogP contribution in [-0.2, 0) is 20.7 Å². The van der Waals surface area contributed by atoms with Crippen molar-refractivity contribution >= 4 is 12.0 Å². The van der Waals surface area contributed by atoms with Crippen molar-refractivity contribution in [3.8, 4) is 17.1 Å². The number of phenolic OH excluding ortho intramolecular Hbond substituents is 1. The molecule has 0 bridgehead atoms. The quantitative estimate of drug-likeness (QED) is 0.406. The van der Waals surface area contributed by atoms with Crippen LogP contribution in [-0.4, -0.2) is 111 Å². The fourth-order valence-corrected chi connectivity index (χ4v) is 6.95. The molecular formula is C34H44N6O6. The van der Waals surface area contributed by atoms with Gasteiger partial charge in [-0.1, -0.05) is 42.5 Å². The Morgan fingerprint density at radius 3 is 2.20 bits per heavy atom. The highest BCUT2D eigenvalue weighted by atomic mass is 16.6. The highest BCUT2D eigenvalue weighted by molar-refractivity contribution is 5.84. The van der Waals surface area contributed by atoms with E-state index in [0.29, 0.717) is 62.0 Å². The Kier molecular flexibility index (Phi) is 9.74. The summed E-state index contributed by atoms with van der Waals surface area (Å²) in [6.45, 7) is 8.94. The minimum absolute atomic E-state index is 0.154. The van der Waals surface area contributed by atoms with E-state index in [2.05, 4.69) is 15.0 Å². The minimum atomic E-state index is -0.990. The number of aromatic hydroxyl groups is 1. The third kappa shape index (κ3) is 7.13. The predicted octanol–water partition coefficient (Wildman–Crippen LogP) is 3.27. The molecule has 246 valence electrons. The first-order valence-corrected chi connectivity index (χ1v) is 16.4. The number of phenols is 1. The number of hydrogen-bond acceptors (Lipinski definition) is 8. The average Bonchev–Trinajstić information content (AvgIpc) is 3.48. The number of aromatic amines is 1. The number of piperidine rings is 2. The van der Waals surface area contributed by atoms with Gasteiger partial charge in [-0.15, -0.1) is 5.10 Å². The Hall–Kier alpha value is -4.16. The van der Waals surface area contributed by atoms with Gasteiger partial charge < -0.3 is 24.4 Å². The van der Waals surface area contributed by atoms with E-state index in [9.17, 15) is 19.5 Å². The number of likely N-dealkylation sites (tertiary alicyclic amines) is 2. The molecular weight excluding hydrogens is 588 g/mol. The molecule has 2 aromatic carbocycles. The fraction of sp³-hybridized carbons (Fsp3) is 0.529. The topological polar surface area (TPSA) is 133 Å². The van der Waals surface area contributed by atoms with E-state index in [1.54, 1.807) is 4.90 Å². The van der Waals surface area contributed by atoms with Crippen LogP contribution < -0.4 is 5.69 Å². The number of benzene rings is 2. The van der Waals surface area contributed by atoms with Gasteiger partial charge in [0.15, 0.2) is 11.9 Å². The maximum atomic E-state index is 13.9. The second kappa shape index (κ2) is 14.1. The summed E-state index contributed by atoms with van der Waals surface area (Å²) in [7, 11) is 0. The summed E-state index contributed by atoms with van der Waals surface area (Å²) in [5, 5.41) is 14.8. The largest absolute Gasteiger partial charge is 0.507 e.